The van der Waals surface area contributed by atoms with Crippen molar-refractivity contribution in [2.75, 3.05) is 0 Å². The Kier molecular flexibility index (Phi) is 3.08. The first-order valence-corrected chi connectivity index (χ1v) is 3.96. The summed E-state index contributed by atoms with van der Waals surface area (Å²) in [6, 6.07) is 4.08. The van der Waals surface area contributed by atoms with E-state index in [2.05, 4.69) is 4.99 Å². The average molecular weight is 202 g/mol. The van der Waals surface area contributed by atoms with E-state index >= 15 is 0 Å². The van der Waals surface area contributed by atoms with Gasteiger partial charge >= 0.3 is 0 Å². The number of nitrogens with zero attached hydrogens (tertiary/aromatic N) is 1. The van der Waals surface area contributed by atoms with E-state index in [4.69, 9.17) is 23.1 Å². The molecule has 1 rings (SSSR count). The van der Waals surface area contributed by atoms with E-state index in [1.807, 2.05) is 0 Å². The van der Waals surface area contributed by atoms with Crippen molar-refractivity contribution in [2.45, 2.75) is 6.54 Å². The molecule has 0 aliphatic carbocycles. The van der Waals surface area contributed by atoms with Crippen molar-refractivity contribution in [1.29, 1.82) is 0 Å². The number of hydrogen-bond acceptors (Lipinski definition) is 1. The molecule has 0 aliphatic heterocycles. The quantitative estimate of drug-likeness (QED) is 0.559. The van der Waals surface area contributed by atoms with Crippen LogP contribution in [0.2, 0.25) is 5.02 Å². The predicted octanol–water partition coefficient (Wildman–Crippen LogP) is 1.25. The van der Waals surface area contributed by atoms with Crippen LogP contribution in [0.3, 0.4) is 0 Å². The molecule has 4 N–H and O–H groups in total. The first-order chi connectivity index (χ1) is 6.09. The Balaban J connectivity index is 2.84. The van der Waals surface area contributed by atoms with Gasteiger partial charge in [0.15, 0.2) is 5.96 Å². The number of halogens is 2. The van der Waals surface area contributed by atoms with Crippen molar-refractivity contribution in [3.63, 3.8) is 0 Å². The first-order valence-electron chi connectivity index (χ1n) is 3.59. The zero-order valence-corrected chi connectivity index (χ0v) is 7.55. The Morgan fingerprint density at radius 2 is 2.15 bits per heavy atom. The summed E-state index contributed by atoms with van der Waals surface area (Å²) in [5, 5.41) is 0.324. The van der Waals surface area contributed by atoms with Crippen molar-refractivity contribution < 1.29 is 4.39 Å². The van der Waals surface area contributed by atoms with Gasteiger partial charge in [-0.2, -0.15) is 0 Å². The van der Waals surface area contributed by atoms with Crippen LogP contribution in [0.15, 0.2) is 23.2 Å². The molecule has 0 bridgehead atoms. The first kappa shape index (κ1) is 9.80. The molecule has 1 aromatic rings. The van der Waals surface area contributed by atoms with Crippen LogP contribution in [0.4, 0.5) is 4.39 Å². The molecule has 0 fully saturated rings. The summed E-state index contributed by atoms with van der Waals surface area (Å²) in [5.74, 6) is -0.390. The lowest BCUT2D eigenvalue weighted by molar-refractivity contribution is 0.627. The molecule has 0 heterocycles. The van der Waals surface area contributed by atoms with Gasteiger partial charge in [-0.15, -0.1) is 0 Å². The topological polar surface area (TPSA) is 64.4 Å². The lowest BCUT2D eigenvalue weighted by Gasteiger charge is -2.00. The minimum absolute atomic E-state index is 0.0135. The van der Waals surface area contributed by atoms with Gasteiger partial charge in [-0.1, -0.05) is 17.7 Å². The van der Waals surface area contributed by atoms with Gasteiger partial charge in [-0.3, -0.25) is 0 Å². The van der Waals surface area contributed by atoms with Gasteiger partial charge in [-0.05, 0) is 17.7 Å². The molecular weight excluding hydrogens is 193 g/mol. The maximum Gasteiger partial charge on any atom is 0.186 e. The number of nitrogens with two attached hydrogens (primary N) is 2. The molecule has 0 amide bonds. The van der Waals surface area contributed by atoms with Gasteiger partial charge < -0.3 is 11.5 Å². The summed E-state index contributed by atoms with van der Waals surface area (Å²) in [6.07, 6.45) is 0. The monoisotopic (exact) mass is 201 g/mol. The minimum atomic E-state index is -0.376. The third-order valence-electron chi connectivity index (χ3n) is 1.45. The molecule has 1 aromatic carbocycles. The van der Waals surface area contributed by atoms with Crippen molar-refractivity contribution in [1.82, 2.24) is 0 Å². The molecule has 0 saturated carbocycles. The number of aliphatic imine (C=N–C) groups is 1. The summed E-state index contributed by atoms with van der Waals surface area (Å²) in [6.45, 7) is 0.265. The summed E-state index contributed by atoms with van der Waals surface area (Å²) in [7, 11) is 0. The van der Waals surface area contributed by atoms with Gasteiger partial charge in [0, 0.05) is 5.02 Å². The summed E-state index contributed by atoms with van der Waals surface area (Å²) >= 11 is 5.72. The molecule has 5 heteroatoms. The number of rotatable bonds is 2. The second-order valence-electron chi connectivity index (χ2n) is 2.48. The lowest BCUT2D eigenvalue weighted by Crippen LogP contribution is -2.22. The molecule has 0 atom stereocenters. The highest BCUT2D eigenvalue weighted by Crippen LogP contribution is 2.17. The smallest absolute Gasteiger partial charge is 0.186 e. The third-order valence-corrected chi connectivity index (χ3v) is 1.80. The van der Waals surface area contributed by atoms with Crippen LogP contribution in [0.25, 0.3) is 0 Å². The Morgan fingerprint density at radius 1 is 1.46 bits per heavy atom. The summed E-state index contributed by atoms with van der Waals surface area (Å²) in [4.78, 5) is 3.75. The number of guanidine groups is 1. The van der Waals surface area contributed by atoms with Gasteiger partial charge in [0.1, 0.15) is 5.82 Å². The molecule has 0 aliphatic rings. The van der Waals surface area contributed by atoms with Gasteiger partial charge in [0.05, 0.1) is 6.54 Å². The molecule has 0 spiro atoms. The maximum absolute atomic E-state index is 12.6. The van der Waals surface area contributed by atoms with E-state index in [1.54, 1.807) is 6.07 Å². The van der Waals surface area contributed by atoms with Gasteiger partial charge in [0.25, 0.3) is 0 Å². The highest BCUT2D eigenvalue weighted by atomic mass is 35.5. The van der Waals surface area contributed by atoms with Crippen LogP contribution < -0.4 is 11.5 Å². The normalized spacial score (nSPS) is 9.69. The summed E-state index contributed by atoms with van der Waals surface area (Å²) in [5.41, 5.74) is 11.0. The fraction of sp³-hybridized carbons (Fsp3) is 0.125. The second-order valence-corrected chi connectivity index (χ2v) is 2.88. The molecule has 0 radical (unpaired) electrons. The van der Waals surface area contributed by atoms with Gasteiger partial charge in [0.2, 0.25) is 0 Å². The van der Waals surface area contributed by atoms with Crippen LogP contribution >= 0.6 is 11.6 Å². The van der Waals surface area contributed by atoms with Crippen LogP contribution in [0.5, 0.6) is 0 Å². The summed E-state index contributed by atoms with van der Waals surface area (Å²) < 4.78 is 12.6. The van der Waals surface area contributed by atoms with E-state index in [0.29, 0.717) is 10.6 Å². The molecule has 0 aromatic heterocycles. The number of benzene rings is 1. The maximum atomic E-state index is 12.6. The highest BCUT2D eigenvalue weighted by molar-refractivity contribution is 6.31. The molecule has 3 nitrogen and oxygen atoms in total. The van der Waals surface area contributed by atoms with Crippen LogP contribution in [0, 0.1) is 5.82 Å². The van der Waals surface area contributed by atoms with E-state index in [1.165, 1.54) is 12.1 Å². The van der Waals surface area contributed by atoms with E-state index in [-0.39, 0.29) is 18.3 Å². The Labute approximate surface area is 80.2 Å². The highest BCUT2D eigenvalue weighted by Gasteiger charge is 2.00. The van der Waals surface area contributed by atoms with Gasteiger partial charge in [-0.25, -0.2) is 9.38 Å². The largest absolute Gasteiger partial charge is 0.370 e. The molecule has 0 unspecified atom stereocenters. The second kappa shape index (κ2) is 4.09. The third kappa shape index (κ3) is 2.91. The molecule has 0 saturated heterocycles. The lowest BCUT2D eigenvalue weighted by atomic mass is 10.2. The van der Waals surface area contributed by atoms with Crippen LogP contribution in [0.1, 0.15) is 5.56 Å². The number of hydrogen-bond donors (Lipinski definition) is 2. The molecule has 13 heavy (non-hydrogen) atoms. The Morgan fingerprint density at radius 3 is 2.69 bits per heavy atom. The zero-order chi connectivity index (χ0) is 9.84. The molecular formula is C8H9ClFN3. The standard InChI is InChI=1S/C8H9ClFN3/c9-7-3-6(10)2-1-5(7)4-13-8(11)12/h1-3H,4H2,(H4,11,12,13). The van der Waals surface area contributed by atoms with E-state index < -0.39 is 0 Å². The van der Waals surface area contributed by atoms with Crippen molar-refractivity contribution >= 4 is 17.6 Å². The van der Waals surface area contributed by atoms with Crippen LogP contribution in [-0.4, -0.2) is 5.96 Å². The fourth-order valence-electron chi connectivity index (χ4n) is 0.826. The van der Waals surface area contributed by atoms with Crippen LogP contribution in [-0.2, 0) is 6.54 Å². The minimum Gasteiger partial charge on any atom is -0.370 e. The van der Waals surface area contributed by atoms with E-state index in [0.717, 1.165) is 0 Å². The van der Waals surface area contributed by atoms with Crippen molar-refractivity contribution in [3.05, 3.63) is 34.6 Å². The Hall–Kier alpha value is -1.29. The fourth-order valence-corrected chi connectivity index (χ4v) is 1.05. The average Bonchev–Trinajstić information content (AvgIpc) is 2.02. The SMILES string of the molecule is NC(N)=NCc1ccc(F)cc1Cl. The van der Waals surface area contributed by atoms with Crippen molar-refractivity contribution in [3.8, 4) is 0 Å². The zero-order valence-electron chi connectivity index (χ0n) is 6.80. The molecule has 70 valence electrons. The van der Waals surface area contributed by atoms with E-state index in [9.17, 15) is 4.39 Å². The Bertz CT molecular complexity index is 334. The van der Waals surface area contributed by atoms with Crippen molar-refractivity contribution in [2.24, 2.45) is 16.5 Å². The predicted molar refractivity (Wildman–Crippen MR) is 50.9 cm³/mol.